The first-order chi connectivity index (χ1) is 16.8. The molecule has 186 valence electrons. The summed E-state index contributed by atoms with van der Waals surface area (Å²) in [6.45, 7) is 8.97. The van der Waals surface area contributed by atoms with Crippen molar-refractivity contribution < 1.29 is 18.7 Å². The van der Waals surface area contributed by atoms with Crippen molar-refractivity contribution in [2.45, 2.75) is 34.1 Å². The highest BCUT2D eigenvalue weighted by molar-refractivity contribution is 6.10. The lowest BCUT2D eigenvalue weighted by Crippen LogP contribution is -2.36. The van der Waals surface area contributed by atoms with Crippen molar-refractivity contribution in [2.24, 2.45) is 12.0 Å². The molecule has 0 fully saturated rings. The van der Waals surface area contributed by atoms with Gasteiger partial charge in [-0.1, -0.05) is 12.1 Å². The van der Waals surface area contributed by atoms with Crippen molar-refractivity contribution in [1.29, 1.82) is 0 Å². The molecule has 1 amide bonds. The Bertz CT molecular complexity index is 1210. The summed E-state index contributed by atoms with van der Waals surface area (Å²) in [6.07, 6.45) is 0.626. The molecular formula is C26H32FN5O3. The summed E-state index contributed by atoms with van der Waals surface area (Å²) in [5.74, 6) is 0.320. The number of benzene rings is 2. The number of rotatable bonds is 9. The smallest absolute Gasteiger partial charge is 0.258 e. The molecule has 0 aliphatic carbocycles. The van der Waals surface area contributed by atoms with Gasteiger partial charge in [0.2, 0.25) is 5.96 Å². The number of carbonyl (C=O) groups excluding carboxylic acids is 1. The molecule has 0 radical (unpaired) electrons. The molecule has 1 heterocycles. The third-order valence-electron chi connectivity index (χ3n) is 5.46. The molecule has 3 rings (SSSR count). The maximum atomic E-state index is 14.3. The minimum absolute atomic E-state index is 0.145. The first-order valence-electron chi connectivity index (χ1n) is 11.6. The fraction of sp³-hybridized carbons (Fsp3) is 0.346. The van der Waals surface area contributed by atoms with Crippen molar-refractivity contribution in [3.8, 4) is 11.5 Å². The van der Waals surface area contributed by atoms with Gasteiger partial charge in [0.15, 0.2) is 11.5 Å². The van der Waals surface area contributed by atoms with Crippen molar-refractivity contribution in [1.82, 2.24) is 15.1 Å². The van der Waals surface area contributed by atoms with Gasteiger partial charge in [-0.3, -0.25) is 19.8 Å². The van der Waals surface area contributed by atoms with Crippen LogP contribution in [-0.2, 0) is 13.5 Å². The average Bonchev–Trinajstić information content (AvgIpc) is 3.07. The average molecular weight is 482 g/mol. The van der Waals surface area contributed by atoms with Crippen LogP contribution < -0.4 is 20.1 Å². The van der Waals surface area contributed by atoms with Crippen molar-refractivity contribution >= 4 is 17.6 Å². The molecule has 0 atom stereocenters. The van der Waals surface area contributed by atoms with Crippen LogP contribution >= 0.6 is 0 Å². The van der Waals surface area contributed by atoms with Crippen LogP contribution in [0.4, 0.5) is 10.1 Å². The number of amides is 1. The van der Waals surface area contributed by atoms with Gasteiger partial charge >= 0.3 is 0 Å². The normalized spacial score (nSPS) is 11.3. The summed E-state index contributed by atoms with van der Waals surface area (Å²) in [5.41, 5.74) is 3.66. The van der Waals surface area contributed by atoms with Gasteiger partial charge in [0.25, 0.3) is 5.91 Å². The molecular weight excluding hydrogens is 449 g/mol. The van der Waals surface area contributed by atoms with Crippen molar-refractivity contribution in [3.05, 3.63) is 70.8 Å². The number of anilines is 1. The van der Waals surface area contributed by atoms with Gasteiger partial charge in [0.05, 0.1) is 24.6 Å². The number of ether oxygens (including phenoxy) is 2. The molecule has 9 heteroatoms. The van der Waals surface area contributed by atoms with Crippen LogP contribution in [0.3, 0.4) is 0 Å². The SMILES string of the molecule is CCOc1ccc(C(=O)NC(=NCCc2c(C)nn(C)c2C)Nc2ccccc2F)cc1OCC. The van der Waals surface area contributed by atoms with Gasteiger partial charge < -0.3 is 14.8 Å². The fourth-order valence-electron chi connectivity index (χ4n) is 3.63. The number of aliphatic imine (C=N–C) groups is 1. The highest BCUT2D eigenvalue weighted by Gasteiger charge is 2.15. The minimum atomic E-state index is -0.451. The summed E-state index contributed by atoms with van der Waals surface area (Å²) in [4.78, 5) is 17.6. The van der Waals surface area contributed by atoms with E-state index < -0.39 is 11.7 Å². The summed E-state index contributed by atoms with van der Waals surface area (Å²) in [7, 11) is 1.90. The lowest BCUT2D eigenvalue weighted by molar-refractivity contribution is 0.0976. The third-order valence-corrected chi connectivity index (χ3v) is 5.46. The first kappa shape index (κ1) is 25.7. The first-order valence-corrected chi connectivity index (χ1v) is 11.6. The second-order valence-electron chi connectivity index (χ2n) is 7.84. The second-order valence-corrected chi connectivity index (χ2v) is 7.84. The minimum Gasteiger partial charge on any atom is -0.490 e. The van der Waals surface area contributed by atoms with E-state index in [1.54, 1.807) is 36.4 Å². The number of nitrogens with one attached hydrogen (secondary N) is 2. The van der Waals surface area contributed by atoms with Gasteiger partial charge in [-0.05, 0) is 70.0 Å². The van der Waals surface area contributed by atoms with Crippen molar-refractivity contribution in [3.63, 3.8) is 0 Å². The van der Waals surface area contributed by atoms with Gasteiger partial charge in [-0.25, -0.2) is 4.39 Å². The number of guanidine groups is 1. The van der Waals surface area contributed by atoms with E-state index in [-0.39, 0.29) is 11.6 Å². The molecule has 0 bridgehead atoms. The van der Waals surface area contributed by atoms with Gasteiger partial charge in [-0.15, -0.1) is 0 Å². The van der Waals surface area contributed by atoms with E-state index in [0.29, 0.717) is 43.2 Å². The lowest BCUT2D eigenvalue weighted by Gasteiger charge is -2.14. The van der Waals surface area contributed by atoms with Crippen LogP contribution in [0.15, 0.2) is 47.5 Å². The number of aromatic nitrogens is 2. The second kappa shape index (κ2) is 12.0. The van der Waals surface area contributed by atoms with Crippen LogP contribution in [0.5, 0.6) is 11.5 Å². The summed E-state index contributed by atoms with van der Waals surface area (Å²) in [6, 6.07) is 11.2. The third kappa shape index (κ3) is 6.59. The number of carbonyl (C=O) groups is 1. The summed E-state index contributed by atoms with van der Waals surface area (Å²) in [5, 5.41) is 10.1. The zero-order valence-electron chi connectivity index (χ0n) is 20.8. The standard InChI is InChI=1S/C26H32FN5O3/c1-6-34-23-13-12-19(16-24(23)35-7-2)25(33)30-26(29-22-11-9-8-10-21(22)27)28-15-14-20-17(3)31-32(5)18(20)4/h8-13,16H,6-7,14-15H2,1-5H3,(H2,28,29,30,33). The number of hydrogen-bond donors (Lipinski definition) is 2. The van der Waals surface area contributed by atoms with E-state index in [9.17, 15) is 9.18 Å². The van der Waals surface area contributed by atoms with Crippen LogP contribution in [0.2, 0.25) is 0 Å². The Kier molecular flexibility index (Phi) is 8.83. The fourth-order valence-corrected chi connectivity index (χ4v) is 3.63. The Morgan fingerprint density at radius 2 is 1.80 bits per heavy atom. The Balaban J connectivity index is 1.83. The predicted octanol–water partition coefficient (Wildman–Crippen LogP) is 4.41. The summed E-state index contributed by atoms with van der Waals surface area (Å²) < 4.78 is 27.3. The van der Waals surface area contributed by atoms with Gasteiger partial charge in [-0.2, -0.15) is 5.10 Å². The highest BCUT2D eigenvalue weighted by atomic mass is 19.1. The largest absolute Gasteiger partial charge is 0.490 e. The summed E-state index contributed by atoms with van der Waals surface area (Å²) >= 11 is 0. The number of aryl methyl sites for hydroxylation is 2. The molecule has 8 nitrogen and oxygen atoms in total. The highest BCUT2D eigenvalue weighted by Crippen LogP contribution is 2.28. The Morgan fingerprint density at radius 1 is 1.09 bits per heavy atom. The molecule has 2 N–H and O–H groups in total. The lowest BCUT2D eigenvalue weighted by atomic mass is 10.1. The van der Waals surface area contributed by atoms with E-state index in [1.807, 2.05) is 39.4 Å². The zero-order valence-corrected chi connectivity index (χ0v) is 20.8. The van der Waals surface area contributed by atoms with Gasteiger partial charge in [0, 0.05) is 24.8 Å². The molecule has 1 aromatic heterocycles. The predicted molar refractivity (Wildman–Crippen MR) is 135 cm³/mol. The molecule has 0 saturated heterocycles. The maximum absolute atomic E-state index is 14.3. The van der Waals surface area contributed by atoms with E-state index in [0.717, 1.165) is 17.0 Å². The van der Waals surface area contributed by atoms with Crippen molar-refractivity contribution in [2.75, 3.05) is 25.1 Å². The molecule has 0 saturated carbocycles. The maximum Gasteiger partial charge on any atom is 0.258 e. The molecule has 0 unspecified atom stereocenters. The monoisotopic (exact) mass is 481 g/mol. The van der Waals surface area contributed by atoms with Crippen LogP contribution in [0, 0.1) is 19.7 Å². The Labute approximate surface area is 205 Å². The molecule has 35 heavy (non-hydrogen) atoms. The number of hydrogen-bond acceptors (Lipinski definition) is 5. The number of nitrogens with zero attached hydrogens (tertiary/aromatic N) is 3. The topological polar surface area (TPSA) is 89.8 Å². The molecule has 0 aliphatic rings. The van der Waals surface area contributed by atoms with Crippen LogP contribution in [0.25, 0.3) is 0 Å². The van der Waals surface area contributed by atoms with E-state index in [2.05, 4.69) is 20.7 Å². The van der Waals surface area contributed by atoms with E-state index in [1.165, 1.54) is 6.07 Å². The van der Waals surface area contributed by atoms with Crippen LogP contribution in [-0.4, -0.2) is 41.4 Å². The molecule has 0 aliphatic heterocycles. The Morgan fingerprint density at radius 3 is 2.46 bits per heavy atom. The Hall–Kier alpha value is -3.88. The van der Waals surface area contributed by atoms with E-state index >= 15 is 0 Å². The molecule has 0 spiro atoms. The number of para-hydroxylation sites is 1. The molecule has 3 aromatic rings. The van der Waals surface area contributed by atoms with Gasteiger partial charge in [0.1, 0.15) is 5.82 Å². The zero-order chi connectivity index (χ0) is 25.4. The molecule has 2 aromatic carbocycles. The van der Waals surface area contributed by atoms with Crippen LogP contribution in [0.1, 0.15) is 41.2 Å². The van der Waals surface area contributed by atoms with E-state index in [4.69, 9.17) is 9.47 Å². The quantitative estimate of drug-likeness (QED) is 0.349. The number of halogens is 1.